The van der Waals surface area contributed by atoms with Crippen LogP contribution in [0.15, 0.2) is 16.8 Å². The molecule has 2 rings (SSSR count). The third kappa shape index (κ3) is 4.03. The lowest BCUT2D eigenvalue weighted by molar-refractivity contribution is 0.307. The van der Waals surface area contributed by atoms with Crippen LogP contribution in [-0.2, 0) is 0 Å². The van der Waals surface area contributed by atoms with E-state index in [9.17, 15) is 4.39 Å². The van der Waals surface area contributed by atoms with Crippen LogP contribution < -0.4 is 5.32 Å². The average Bonchev–Trinajstić information content (AvgIpc) is 2.48. The number of rotatable bonds is 6. The number of hydrogen-bond acceptors (Lipinski definition) is 3. The summed E-state index contributed by atoms with van der Waals surface area (Å²) in [5, 5.41) is 3.39. The van der Waals surface area contributed by atoms with Crippen LogP contribution in [0.5, 0.6) is 0 Å². The molecular formula is C15H26FN3. The number of hydrogen-bond donors (Lipinski definition) is 1. The molecule has 108 valence electrons. The highest BCUT2D eigenvalue weighted by molar-refractivity contribution is 6.01. The number of dihydropyridines is 1. The number of halogens is 1. The Labute approximate surface area is 116 Å². The summed E-state index contributed by atoms with van der Waals surface area (Å²) in [5.74, 6) is 0.452. The highest BCUT2D eigenvalue weighted by atomic mass is 19.1. The number of alkyl halides is 1. The Morgan fingerprint density at radius 2 is 2.16 bits per heavy atom. The SMILES string of the molecule is CC(CCCCF)C1=NCCC=C1N1CCNCC1. The summed E-state index contributed by atoms with van der Waals surface area (Å²) in [6.07, 6.45) is 6.10. The summed E-state index contributed by atoms with van der Waals surface area (Å²) in [7, 11) is 0. The van der Waals surface area contributed by atoms with Crippen molar-refractivity contribution in [1.82, 2.24) is 10.2 Å². The summed E-state index contributed by atoms with van der Waals surface area (Å²) in [6.45, 7) is 7.21. The summed E-state index contributed by atoms with van der Waals surface area (Å²) in [5.41, 5.74) is 2.60. The third-order valence-corrected chi connectivity index (χ3v) is 3.96. The van der Waals surface area contributed by atoms with Gasteiger partial charge in [0.15, 0.2) is 0 Å². The van der Waals surface area contributed by atoms with Gasteiger partial charge in [0.25, 0.3) is 0 Å². The van der Waals surface area contributed by atoms with Crippen LogP contribution in [0.3, 0.4) is 0 Å². The van der Waals surface area contributed by atoms with E-state index in [1.807, 2.05) is 0 Å². The topological polar surface area (TPSA) is 27.6 Å². The molecule has 0 radical (unpaired) electrons. The number of unbranched alkanes of at least 4 members (excludes halogenated alkanes) is 1. The van der Waals surface area contributed by atoms with Gasteiger partial charge in [0.1, 0.15) is 0 Å². The molecule has 1 N–H and O–H groups in total. The van der Waals surface area contributed by atoms with Crippen molar-refractivity contribution in [2.75, 3.05) is 39.4 Å². The van der Waals surface area contributed by atoms with Crippen LogP contribution in [0.4, 0.5) is 4.39 Å². The van der Waals surface area contributed by atoms with E-state index in [0.29, 0.717) is 12.3 Å². The number of nitrogens with zero attached hydrogens (tertiary/aromatic N) is 2. The monoisotopic (exact) mass is 267 g/mol. The first-order chi connectivity index (χ1) is 9.33. The number of aliphatic imine (C=N–C) groups is 1. The van der Waals surface area contributed by atoms with E-state index in [1.165, 1.54) is 11.4 Å². The molecule has 0 aromatic rings. The quantitative estimate of drug-likeness (QED) is 0.748. The molecule has 0 spiro atoms. The fourth-order valence-corrected chi connectivity index (χ4v) is 2.86. The van der Waals surface area contributed by atoms with Gasteiger partial charge in [-0.1, -0.05) is 19.4 Å². The molecule has 1 saturated heterocycles. The van der Waals surface area contributed by atoms with Gasteiger partial charge in [0.05, 0.1) is 18.1 Å². The Bertz CT molecular complexity index is 332. The molecule has 0 aliphatic carbocycles. The largest absolute Gasteiger partial charge is 0.368 e. The molecule has 0 aromatic heterocycles. The molecule has 1 atom stereocenters. The third-order valence-electron chi connectivity index (χ3n) is 3.96. The van der Waals surface area contributed by atoms with Gasteiger partial charge in [-0.3, -0.25) is 9.38 Å². The minimum atomic E-state index is -0.195. The van der Waals surface area contributed by atoms with Crippen molar-refractivity contribution < 1.29 is 4.39 Å². The van der Waals surface area contributed by atoms with Gasteiger partial charge in [0, 0.05) is 38.6 Å². The zero-order valence-electron chi connectivity index (χ0n) is 12.0. The predicted octanol–water partition coefficient (Wildman–Crippen LogP) is 2.40. The van der Waals surface area contributed by atoms with Gasteiger partial charge >= 0.3 is 0 Å². The van der Waals surface area contributed by atoms with Crippen LogP contribution in [0, 0.1) is 5.92 Å². The maximum absolute atomic E-state index is 12.2. The number of nitrogens with one attached hydrogen (secondary N) is 1. The molecule has 4 heteroatoms. The standard InChI is InChI=1S/C15H26FN3/c1-13(5-2-3-7-16)15-14(6-4-8-18-15)19-11-9-17-10-12-19/h6,13,17H,2-5,7-12H2,1H3. The second kappa shape index (κ2) is 7.63. The van der Waals surface area contributed by atoms with Crippen LogP contribution in [0.25, 0.3) is 0 Å². The molecule has 0 aromatic carbocycles. The molecule has 0 saturated carbocycles. The van der Waals surface area contributed by atoms with Crippen molar-refractivity contribution in [1.29, 1.82) is 0 Å². The van der Waals surface area contributed by atoms with Crippen LogP contribution in [0.1, 0.15) is 32.6 Å². The van der Waals surface area contributed by atoms with E-state index >= 15 is 0 Å². The second-order valence-corrected chi connectivity index (χ2v) is 5.47. The minimum Gasteiger partial charge on any atom is -0.368 e. The Balaban J connectivity index is 1.96. The fraction of sp³-hybridized carbons (Fsp3) is 0.800. The van der Waals surface area contributed by atoms with Crippen molar-refractivity contribution in [3.05, 3.63) is 11.8 Å². The summed E-state index contributed by atoms with van der Waals surface area (Å²) < 4.78 is 12.2. The zero-order valence-corrected chi connectivity index (χ0v) is 12.0. The summed E-state index contributed by atoms with van der Waals surface area (Å²) >= 11 is 0. The zero-order chi connectivity index (χ0) is 13.5. The molecule has 2 aliphatic rings. The van der Waals surface area contributed by atoms with Gasteiger partial charge < -0.3 is 10.2 Å². The predicted molar refractivity (Wildman–Crippen MR) is 78.4 cm³/mol. The maximum Gasteiger partial charge on any atom is 0.0894 e. The molecule has 19 heavy (non-hydrogen) atoms. The normalized spacial score (nSPS) is 21.9. The highest BCUT2D eigenvalue weighted by Gasteiger charge is 2.23. The van der Waals surface area contributed by atoms with Crippen LogP contribution in [-0.4, -0.2) is 50.0 Å². The molecule has 1 unspecified atom stereocenters. The Hall–Kier alpha value is -0.900. The van der Waals surface area contributed by atoms with Gasteiger partial charge in [-0.15, -0.1) is 0 Å². The molecule has 1 fully saturated rings. The first-order valence-corrected chi connectivity index (χ1v) is 7.59. The Morgan fingerprint density at radius 1 is 1.37 bits per heavy atom. The van der Waals surface area contributed by atoms with Crippen molar-refractivity contribution in [2.45, 2.75) is 32.6 Å². The van der Waals surface area contributed by atoms with E-state index in [0.717, 1.165) is 52.0 Å². The number of allylic oxidation sites excluding steroid dienone is 1. The van der Waals surface area contributed by atoms with Crippen molar-refractivity contribution in [3.63, 3.8) is 0 Å². The van der Waals surface area contributed by atoms with E-state index < -0.39 is 0 Å². The number of piperazine rings is 1. The first-order valence-electron chi connectivity index (χ1n) is 7.59. The molecule has 2 aliphatic heterocycles. The van der Waals surface area contributed by atoms with E-state index in [2.05, 4.69) is 23.2 Å². The van der Waals surface area contributed by atoms with Gasteiger partial charge in [0.2, 0.25) is 0 Å². The molecule has 0 amide bonds. The lowest BCUT2D eigenvalue weighted by Crippen LogP contribution is -2.45. The smallest absolute Gasteiger partial charge is 0.0894 e. The maximum atomic E-state index is 12.2. The molecular weight excluding hydrogens is 241 g/mol. The highest BCUT2D eigenvalue weighted by Crippen LogP contribution is 2.22. The minimum absolute atomic E-state index is 0.195. The molecule has 2 heterocycles. The van der Waals surface area contributed by atoms with Crippen molar-refractivity contribution in [2.24, 2.45) is 10.9 Å². The van der Waals surface area contributed by atoms with E-state index in [4.69, 9.17) is 4.99 Å². The Kier molecular flexibility index (Phi) is 5.83. The molecule has 3 nitrogen and oxygen atoms in total. The van der Waals surface area contributed by atoms with E-state index in [1.54, 1.807) is 0 Å². The van der Waals surface area contributed by atoms with Gasteiger partial charge in [-0.05, 0) is 19.3 Å². The van der Waals surface area contributed by atoms with Gasteiger partial charge in [-0.2, -0.15) is 0 Å². The van der Waals surface area contributed by atoms with Crippen molar-refractivity contribution >= 4 is 5.71 Å². The van der Waals surface area contributed by atoms with Crippen LogP contribution >= 0.6 is 0 Å². The van der Waals surface area contributed by atoms with Crippen LogP contribution in [0.2, 0.25) is 0 Å². The average molecular weight is 267 g/mol. The van der Waals surface area contributed by atoms with Crippen molar-refractivity contribution in [3.8, 4) is 0 Å². The summed E-state index contributed by atoms with van der Waals surface area (Å²) in [4.78, 5) is 7.22. The lowest BCUT2D eigenvalue weighted by Gasteiger charge is -2.35. The first kappa shape index (κ1) is 14.5. The van der Waals surface area contributed by atoms with E-state index in [-0.39, 0.29) is 6.67 Å². The summed E-state index contributed by atoms with van der Waals surface area (Å²) in [6, 6.07) is 0. The lowest BCUT2D eigenvalue weighted by atomic mass is 9.93. The molecule has 0 bridgehead atoms. The van der Waals surface area contributed by atoms with Gasteiger partial charge in [-0.25, -0.2) is 0 Å². The fourth-order valence-electron chi connectivity index (χ4n) is 2.86. The second-order valence-electron chi connectivity index (χ2n) is 5.47. The Morgan fingerprint density at radius 3 is 2.89 bits per heavy atom.